The number of hydrogen-bond acceptors (Lipinski definition) is 5. The van der Waals surface area contributed by atoms with Gasteiger partial charge in [-0.25, -0.2) is 4.83 Å². The van der Waals surface area contributed by atoms with Gasteiger partial charge in [-0.15, -0.1) is 0 Å². The maximum atomic E-state index is 12.2. The predicted octanol–water partition coefficient (Wildman–Crippen LogP) is 2.06. The van der Waals surface area contributed by atoms with Crippen molar-refractivity contribution >= 4 is 33.5 Å². The summed E-state index contributed by atoms with van der Waals surface area (Å²) in [6.07, 6.45) is 1.46. The Morgan fingerprint density at radius 3 is 2.52 bits per heavy atom. The zero-order chi connectivity index (χ0) is 17.7. The second-order valence-corrected chi connectivity index (χ2v) is 7.64. The van der Waals surface area contributed by atoms with E-state index in [0.29, 0.717) is 10.6 Å². The number of benzene rings is 2. The average molecular weight is 379 g/mol. The van der Waals surface area contributed by atoms with Gasteiger partial charge in [0, 0.05) is 37.4 Å². The van der Waals surface area contributed by atoms with Gasteiger partial charge in [0.15, 0.2) is 0 Å². The molecule has 0 unspecified atom stereocenters. The van der Waals surface area contributed by atoms with Crippen LogP contribution in [0.15, 0.2) is 58.5 Å². The lowest BCUT2D eigenvalue weighted by molar-refractivity contribution is 0.584. The highest BCUT2D eigenvalue weighted by Gasteiger charge is 2.16. The van der Waals surface area contributed by atoms with Crippen molar-refractivity contribution in [3.63, 3.8) is 0 Å². The first-order valence-corrected chi connectivity index (χ1v) is 9.78. The van der Waals surface area contributed by atoms with E-state index in [4.69, 9.17) is 11.6 Å². The summed E-state index contributed by atoms with van der Waals surface area (Å²) in [5, 5.41) is 7.74. The van der Waals surface area contributed by atoms with Crippen LogP contribution in [0.4, 0.5) is 5.69 Å². The van der Waals surface area contributed by atoms with Crippen LogP contribution in [0.1, 0.15) is 5.56 Å². The molecule has 2 N–H and O–H groups in total. The van der Waals surface area contributed by atoms with Crippen LogP contribution in [-0.4, -0.2) is 40.8 Å². The van der Waals surface area contributed by atoms with Crippen LogP contribution in [0.5, 0.6) is 0 Å². The molecule has 1 saturated heterocycles. The van der Waals surface area contributed by atoms with E-state index in [-0.39, 0.29) is 4.90 Å². The fourth-order valence-corrected chi connectivity index (χ4v) is 3.68. The van der Waals surface area contributed by atoms with Crippen molar-refractivity contribution in [1.82, 2.24) is 10.1 Å². The van der Waals surface area contributed by atoms with E-state index >= 15 is 0 Å². The van der Waals surface area contributed by atoms with Crippen LogP contribution < -0.4 is 15.0 Å². The van der Waals surface area contributed by atoms with Crippen LogP contribution in [0.25, 0.3) is 0 Å². The number of anilines is 1. The molecule has 2 aromatic rings. The fourth-order valence-electron chi connectivity index (χ4n) is 2.65. The fraction of sp³-hybridized carbons (Fsp3) is 0.235. The summed E-state index contributed by atoms with van der Waals surface area (Å²) in [7, 11) is -3.70. The topological polar surface area (TPSA) is 73.8 Å². The quantitative estimate of drug-likeness (QED) is 0.617. The van der Waals surface area contributed by atoms with Crippen molar-refractivity contribution < 1.29 is 8.42 Å². The summed E-state index contributed by atoms with van der Waals surface area (Å²) < 4.78 is 24.4. The minimum atomic E-state index is -3.70. The van der Waals surface area contributed by atoms with Crippen LogP contribution >= 0.6 is 11.6 Å². The van der Waals surface area contributed by atoms with Gasteiger partial charge in [0.25, 0.3) is 10.0 Å². The van der Waals surface area contributed by atoms with Gasteiger partial charge in [0.05, 0.1) is 16.1 Å². The minimum absolute atomic E-state index is 0.161. The lowest BCUT2D eigenvalue weighted by Gasteiger charge is -2.30. The first-order chi connectivity index (χ1) is 12.1. The number of sulfonamides is 1. The molecule has 1 fully saturated rings. The summed E-state index contributed by atoms with van der Waals surface area (Å²) in [5.41, 5.74) is 1.64. The van der Waals surface area contributed by atoms with Crippen molar-refractivity contribution in [1.29, 1.82) is 0 Å². The van der Waals surface area contributed by atoms with Gasteiger partial charge in [-0.05, 0) is 24.3 Å². The molecule has 2 aromatic carbocycles. The Morgan fingerprint density at radius 2 is 1.80 bits per heavy atom. The van der Waals surface area contributed by atoms with Crippen LogP contribution in [0.2, 0.25) is 5.02 Å². The van der Waals surface area contributed by atoms with Crippen LogP contribution in [0, 0.1) is 0 Å². The highest BCUT2D eigenvalue weighted by atomic mass is 35.5. The van der Waals surface area contributed by atoms with E-state index in [1.54, 1.807) is 24.3 Å². The average Bonchev–Trinajstić information content (AvgIpc) is 2.64. The van der Waals surface area contributed by atoms with Crippen molar-refractivity contribution in [3.8, 4) is 0 Å². The molecule has 0 aliphatic carbocycles. The SMILES string of the molecule is O=S(=O)(N/N=C\c1c(Cl)cccc1N1CCNCC1)c1ccccc1. The van der Waals surface area contributed by atoms with E-state index in [2.05, 4.69) is 20.1 Å². The van der Waals surface area contributed by atoms with Crippen molar-refractivity contribution in [2.24, 2.45) is 5.10 Å². The molecule has 1 heterocycles. The van der Waals surface area contributed by atoms with Gasteiger partial charge in [0.2, 0.25) is 0 Å². The standard InChI is InChI=1S/C17H19ClN4O2S/c18-16-7-4-8-17(22-11-9-19-10-12-22)15(16)13-20-21-25(23,24)14-5-2-1-3-6-14/h1-8,13,19,21H,9-12H2/b20-13-. The maximum Gasteiger partial charge on any atom is 0.276 e. The first-order valence-electron chi connectivity index (χ1n) is 7.92. The molecule has 0 bridgehead atoms. The molecule has 0 spiro atoms. The van der Waals surface area contributed by atoms with E-state index in [1.807, 2.05) is 12.1 Å². The molecule has 3 rings (SSSR count). The zero-order valence-electron chi connectivity index (χ0n) is 13.5. The Balaban J connectivity index is 1.81. The van der Waals surface area contributed by atoms with Gasteiger partial charge in [-0.1, -0.05) is 35.9 Å². The largest absolute Gasteiger partial charge is 0.368 e. The Labute approximate surface area is 152 Å². The summed E-state index contributed by atoms with van der Waals surface area (Å²) in [4.78, 5) is 4.60. The Bertz CT molecular complexity index is 850. The molecule has 8 heteroatoms. The lowest BCUT2D eigenvalue weighted by atomic mass is 10.1. The highest BCUT2D eigenvalue weighted by Crippen LogP contribution is 2.26. The Hall–Kier alpha value is -2.09. The Morgan fingerprint density at radius 1 is 1.08 bits per heavy atom. The zero-order valence-corrected chi connectivity index (χ0v) is 15.1. The molecule has 25 heavy (non-hydrogen) atoms. The van der Waals surface area contributed by atoms with Crippen molar-refractivity contribution in [2.45, 2.75) is 4.90 Å². The van der Waals surface area contributed by atoms with E-state index in [9.17, 15) is 8.42 Å². The third-order valence-corrected chi connectivity index (χ3v) is 5.48. The molecule has 0 aromatic heterocycles. The molecular formula is C17H19ClN4O2S. The number of hydrogen-bond donors (Lipinski definition) is 2. The third kappa shape index (κ3) is 4.31. The van der Waals surface area contributed by atoms with Crippen molar-refractivity contribution in [2.75, 3.05) is 31.1 Å². The number of rotatable bonds is 5. The van der Waals surface area contributed by atoms with E-state index in [0.717, 1.165) is 31.9 Å². The number of piperazine rings is 1. The third-order valence-electron chi connectivity index (χ3n) is 3.91. The second-order valence-electron chi connectivity index (χ2n) is 5.58. The monoisotopic (exact) mass is 378 g/mol. The van der Waals surface area contributed by atoms with Gasteiger partial charge < -0.3 is 10.2 Å². The molecule has 0 atom stereocenters. The van der Waals surface area contributed by atoms with Gasteiger partial charge in [0.1, 0.15) is 0 Å². The van der Waals surface area contributed by atoms with Crippen LogP contribution in [-0.2, 0) is 10.0 Å². The Kier molecular flexibility index (Phi) is 5.57. The van der Waals surface area contributed by atoms with Gasteiger partial charge in [-0.3, -0.25) is 0 Å². The first kappa shape index (κ1) is 17.7. The van der Waals surface area contributed by atoms with Gasteiger partial charge >= 0.3 is 0 Å². The lowest BCUT2D eigenvalue weighted by Crippen LogP contribution is -2.43. The molecule has 132 valence electrons. The molecule has 0 amide bonds. The normalized spacial score (nSPS) is 15.5. The molecule has 1 aliphatic heterocycles. The highest BCUT2D eigenvalue weighted by molar-refractivity contribution is 7.89. The summed E-state index contributed by atoms with van der Waals surface area (Å²) >= 11 is 6.30. The minimum Gasteiger partial charge on any atom is -0.368 e. The summed E-state index contributed by atoms with van der Waals surface area (Å²) in [5.74, 6) is 0. The van der Waals surface area contributed by atoms with E-state index in [1.165, 1.54) is 18.3 Å². The molecular weight excluding hydrogens is 360 g/mol. The number of nitrogens with one attached hydrogen (secondary N) is 2. The molecule has 1 aliphatic rings. The number of nitrogens with zero attached hydrogens (tertiary/aromatic N) is 2. The van der Waals surface area contributed by atoms with Crippen LogP contribution in [0.3, 0.4) is 0 Å². The molecule has 6 nitrogen and oxygen atoms in total. The molecule has 0 saturated carbocycles. The summed E-state index contributed by atoms with van der Waals surface area (Å²) in [6.45, 7) is 3.50. The maximum absolute atomic E-state index is 12.2. The smallest absolute Gasteiger partial charge is 0.276 e. The summed E-state index contributed by atoms with van der Waals surface area (Å²) in [6, 6.07) is 13.7. The van der Waals surface area contributed by atoms with Crippen molar-refractivity contribution in [3.05, 3.63) is 59.1 Å². The predicted molar refractivity (Wildman–Crippen MR) is 101 cm³/mol. The number of hydrazone groups is 1. The van der Waals surface area contributed by atoms with Gasteiger partial charge in [-0.2, -0.15) is 13.5 Å². The second kappa shape index (κ2) is 7.86. The van der Waals surface area contributed by atoms with E-state index < -0.39 is 10.0 Å². The molecule has 0 radical (unpaired) electrons. The number of halogens is 1.